The van der Waals surface area contributed by atoms with Crippen LogP contribution in [0.4, 0.5) is 4.39 Å². The molecule has 3 heteroatoms. The Morgan fingerprint density at radius 3 is 2.06 bits per heavy atom. The van der Waals surface area contributed by atoms with E-state index < -0.39 is 8.07 Å². The molecule has 0 amide bonds. The molecular weight excluding hydrogens is 354 g/mol. The fourth-order valence-corrected chi connectivity index (χ4v) is 3.49. The van der Waals surface area contributed by atoms with E-state index in [2.05, 4.69) is 54.4 Å². The van der Waals surface area contributed by atoms with Gasteiger partial charge in [-0.25, -0.2) is 4.39 Å². The zero-order valence-corrected chi connectivity index (χ0v) is 14.0. The van der Waals surface area contributed by atoms with Crippen LogP contribution in [0.3, 0.4) is 0 Å². The molecule has 2 rings (SSSR count). The predicted molar refractivity (Wildman–Crippen MR) is 87.5 cm³/mol. The van der Waals surface area contributed by atoms with Gasteiger partial charge in [-0.3, -0.25) is 0 Å². The first-order valence-electron chi connectivity index (χ1n) is 5.94. The Labute approximate surface area is 122 Å². The molecule has 0 heterocycles. The van der Waals surface area contributed by atoms with Gasteiger partial charge in [0.15, 0.2) is 0 Å². The van der Waals surface area contributed by atoms with Crippen molar-refractivity contribution in [1.82, 2.24) is 0 Å². The summed E-state index contributed by atoms with van der Waals surface area (Å²) in [5.74, 6) is -0.150. The summed E-state index contributed by atoms with van der Waals surface area (Å²) in [6.45, 7) is 6.94. The van der Waals surface area contributed by atoms with Gasteiger partial charge in [0.25, 0.3) is 0 Å². The Morgan fingerprint density at radius 2 is 1.56 bits per heavy atom. The molecule has 0 unspecified atom stereocenters. The first kappa shape index (κ1) is 13.7. The normalized spacial score (nSPS) is 11.6. The fourth-order valence-electron chi connectivity index (χ4n) is 1.87. The molecule has 18 heavy (non-hydrogen) atoms. The lowest BCUT2D eigenvalue weighted by Gasteiger charge is -2.16. The minimum atomic E-state index is -1.27. The first-order chi connectivity index (χ1) is 8.38. The van der Waals surface area contributed by atoms with E-state index in [0.29, 0.717) is 5.56 Å². The van der Waals surface area contributed by atoms with Gasteiger partial charge >= 0.3 is 0 Å². The van der Waals surface area contributed by atoms with Crippen LogP contribution in [0.2, 0.25) is 19.6 Å². The van der Waals surface area contributed by atoms with Crippen molar-refractivity contribution in [1.29, 1.82) is 0 Å². The van der Waals surface area contributed by atoms with Gasteiger partial charge in [-0.1, -0.05) is 55.2 Å². The van der Waals surface area contributed by atoms with E-state index >= 15 is 0 Å². The molecular formula is C15H16FISi. The van der Waals surface area contributed by atoms with Crippen molar-refractivity contribution in [3.05, 3.63) is 51.9 Å². The molecule has 94 valence electrons. The summed E-state index contributed by atoms with van der Waals surface area (Å²) in [5, 5.41) is 1.40. The second kappa shape index (κ2) is 5.13. The van der Waals surface area contributed by atoms with E-state index in [9.17, 15) is 4.39 Å². The van der Waals surface area contributed by atoms with Crippen LogP contribution in [0.15, 0.2) is 42.5 Å². The van der Waals surface area contributed by atoms with E-state index in [1.165, 1.54) is 5.19 Å². The Bertz CT molecular complexity index is 556. The molecule has 0 saturated heterocycles. The quantitative estimate of drug-likeness (QED) is 0.534. The standard InChI is InChI=1S/C15H16FISi/c1-18(2,3)13-7-4-11(5-8-13)14-9-6-12(17)10-15(14)16/h4-10H,1-3H3. The molecule has 0 nitrogen and oxygen atoms in total. The highest BCUT2D eigenvalue weighted by atomic mass is 127. The van der Waals surface area contributed by atoms with Crippen LogP contribution in [0, 0.1) is 9.39 Å². The summed E-state index contributed by atoms with van der Waals surface area (Å²) >= 11 is 2.12. The van der Waals surface area contributed by atoms with Crippen LogP contribution < -0.4 is 5.19 Å². The molecule has 2 aromatic carbocycles. The fraction of sp³-hybridized carbons (Fsp3) is 0.200. The monoisotopic (exact) mass is 370 g/mol. The van der Waals surface area contributed by atoms with Gasteiger partial charge in [-0.15, -0.1) is 0 Å². The van der Waals surface area contributed by atoms with Crippen LogP contribution in [-0.2, 0) is 0 Å². The summed E-state index contributed by atoms with van der Waals surface area (Å²) in [5.41, 5.74) is 1.63. The van der Waals surface area contributed by atoms with Gasteiger partial charge in [0.05, 0.1) is 8.07 Å². The third kappa shape index (κ3) is 3.01. The van der Waals surface area contributed by atoms with Crippen molar-refractivity contribution in [2.24, 2.45) is 0 Å². The molecule has 0 aromatic heterocycles. The maximum Gasteiger partial charge on any atom is 0.132 e. The molecule has 0 bridgehead atoms. The van der Waals surface area contributed by atoms with Gasteiger partial charge in [0.1, 0.15) is 5.82 Å². The van der Waals surface area contributed by atoms with Gasteiger partial charge in [-0.2, -0.15) is 0 Å². The molecule has 0 radical (unpaired) electrons. The van der Waals surface area contributed by atoms with Gasteiger partial charge < -0.3 is 0 Å². The van der Waals surface area contributed by atoms with Crippen molar-refractivity contribution in [3.8, 4) is 11.1 Å². The molecule has 0 aliphatic rings. The molecule has 0 aliphatic heterocycles. The topological polar surface area (TPSA) is 0 Å². The van der Waals surface area contributed by atoms with Crippen LogP contribution >= 0.6 is 22.6 Å². The third-order valence-corrected chi connectivity index (χ3v) is 5.73. The highest BCUT2D eigenvalue weighted by Crippen LogP contribution is 2.23. The second-order valence-electron chi connectivity index (χ2n) is 5.45. The molecule has 0 atom stereocenters. The number of rotatable bonds is 2. The number of benzene rings is 2. The zero-order chi connectivity index (χ0) is 13.3. The Balaban J connectivity index is 2.41. The maximum atomic E-state index is 13.9. The maximum absolute atomic E-state index is 13.9. The van der Waals surface area contributed by atoms with E-state index in [0.717, 1.165) is 9.13 Å². The van der Waals surface area contributed by atoms with Crippen LogP contribution in [-0.4, -0.2) is 8.07 Å². The number of halogens is 2. The summed E-state index contributed by atoms with van der Waals surface area (Å²) in [4.78, 5) is 0. The van der Waals surface area contributed by atoms with Crippen molar-refractivity contribution in [2.45, 2.75) is 19.6 Å². The minimum absolute atomic E-state index is 0.150. The summed E-state index contributed by atoms with van der Waals surface area (Å²) in [6, 6.07) is 13.7. The summed E-state index contributed by atoms with van der Waals surface area (Å²) in [6.07, 6.45) is 0. The Hall–Kier alpha value is -0.683. The van der Waals surface area contributed by atoms with E-state index in [4.69, 9.17) is 0 Å². The number of hydrogen-bond acceptors (Lipinski definition) is 0. The van der Waals surface area contributed by atoms with E-state index in [-0.39, 0.29) is 5.82 Å². The lowest BCUT2D eigenvalue weighted by Crippen LogP contribution is -2.37. The van der Waals surface area contributed by atoms with Crippen LogP contribution in [0.5, 0.6) is 0 Å². The van der Waals surface area contributed by atoms with Crippen molar-refractivity contribution in [3.63, 3.8) is 0 Å². The van der Waals surface area contributed by atoms with E-state index in [1.54, 1.807) is 6.07 Å². The van der Waals surface area contributed by atoms with Crippen LogP contribution in [0.1, 0.15) is 0 Å². The number of hydrogen-bond donors (Lipinski definition) is 0. The molecule has 2 aromatic rings. The van der Waals surface area contributed by atoms with Gasteiger partial charge in [0, 0.05) is 9.13 Å². The summed E-state index contributed by atoms with van der Waals surface area (Å²) in [7, 11) is -1.27. The molecule has 0 spiro atoms. The average molecular weight is 370 g/mol. The predicted octanol–water partition coefficient (Wildman–Crippen LogP) is 4.64. The van der Waals surface area contributed by atoms with Crippen molar-refractivity contribution in [2.75, 3.05) is 0 Å². The lowest BCUT2D eigenvalue weighted by molar-refractivity contribution is 0.630. The Morgan fingerprint density at radius 1 is 0.944 bits per heavy atom. The highest BCUT2D eigenvalue weighted by Gasteiger charge is 2.16. The third-order valence-electron chi connectivity index (χ3n) is 2.99. The molecule has 0 N–H and O–H groups in total. The Kier molecular flexibility index (Phi) is 3.92. The lowest BCUT2D eigenvalue weighted by atomic mass is 10.1. The molecule has 0 fully saturated rings. The molecule has 0 saturated carbocycles. The first-order valence-corrected chi connectivity index (χ1v) is 10.5. The zero-order valence-electron chi connectivity index (χ0n) is 10.8. The largest absolute Gasteiger partial charge is 0.206 e. The molecule has 0 aliphatic carbocycles. The van der Waals surface area contributed by atoms with Crippen molar-refractivity contribution >= 4 is 35.9 Å². The average Bonchev–Trinajstić information content (AvgIpc) is 2.28. The van der Waals surface area contributed by atoms with Crippen molar-refractivity contribution < 1.29 is 4.39 Å². The van der Waals surface area contributed by atoms with Gasteiger partial charge in [-0.05, 0) is 40.3 Å². The smallest absolute Gasteiger partial charge is 0.132 e. The second-order valence-corrected chi connectivity index (χ2v) is 11.8. The van der Waals surface area contributed by atoms with Gasteiger partial charge in [0.2, 0.25) is 0 Å². The van der Waals surface area contributed by atoms with E-state index in [1.807, 2.05) is 24.3 Å². The summed E-state index contributed by atoms with van der Waals surface area (Å²) < 4.78 is 14.8. The highest BCUT2D eigenvalue weighted by molar-refractivity contribution is 14.1. The minimum Gasteiger partial charge on any atom is -0.206 e. The SMILES string of the molecule is C[Si](C)(C)c1ccc(-c2ccc(I)cc2F)cc1. The van der Waals surface area contributed by atoms with Crippen LogP contribution in [0.25, 0.3) is 11.1 Å².